The molecular formula is C17H18F2N6O2S. The molecule has 0 radical (unpaired) electrons. The SMILES string of the molecule is Cc1ccn(-c2ccc(NCCNS(=O)(=O)Cc3cc(F)cc(F)c3)nn2)n1. The number of hydrogen-bond acceptors (Lipinski definition) is 6. The summed E-state index contributed by atoms with van der Waals surface area (Å²) in [5.41, 5.74) is 0.894. The van der Waals surface area contributed by atoms with Crippen LogP contribution in [0.1, 0.15) is 11.3 Å². The Morgan fingerprint density at radius 1 is 1.04 bits per heavy atom. The minimum atomic E-state index is -3.73. The third-order valence-electron chi connectivity index (χ3n) is 3.64. The predicted molar refractivity (Wildman–Crippen MR) is 99.4 cm³/mol. The number of benzene rings is 1. The van der Waals surface area contributed by atoms with Crippen LogP contribution in [-0.2, 0) is 15.8 Å². The van der Waals surface area contributed by atoms with Gasteiger partial charge in [-0.2, -0.15) is 5.10 Å². The van der Waals surface area contributed by atoms with Crippen LogP contribution in [-0.4, -0.2) is 41.5 Å². The molecule has 8 nitrogen and oxygen atoms in total. The molecule has 0 atom stereocenters. The Morgan fingerprint density at radius 2 is 1.79 bits per heavy atom. The van der Waals surface area contributed by atoms with Crippen molar-refractivity contribution in [3.8, 4) is 5.82 Å². The number of hydrogen-bond donors (Lipinski definition) is 2. The van der Waals surface area contributed by atoms with Gasteiger partial charge in [-0.3, -0.25) is 0 Å². The minimum absolute atomic E-state index is 0.0354. The van der Waals surface area contributed by atoms with E-state index in [1.165, 1.54) is 0 Å². The van der Waals surface area contributed by atoms with E-state index in [1.807, 2.05) is 13.0 Å². The lowest BCUT2D eigenvalue weighted by atomic mass is 10.2. The molecule has 0 unspecified atom stereocenters. The quantitative estimate of drug-likeness (QED) is 0.551. The van der Waals surface area contributed by atoms with Gasteiger partial charge in [-0.15, -0.1) is 10.2 Å². The maximum Gasteiger partial charge on any atom is 0.215 e. The molecule has 0 aliphatic carbocycles. The summed E-state index contributed by atoms with van der Waals surface area (Å²) in [6.45, 7) is 2.19. The van der Waals surface area contributed by atoms with Crippen LogP contribution in [0.3, 0.4) is 0 Å². The molecule has 0 fully saturated rings. The summed E-state index contributed by atoms with van der Waals surface area (Å²) >= 11 is 0. The highest BCUT2D eigenvalue weighted by atomic mass is 32.2. The van der Waals surface area contributed by atoms with Crippen molar-refractivity contribution in [2.45, 2.75) is 12.7 Å². The van der Waals surface area contributed by atoms with Gasteiger partial charge in [0.05, 0.1) is 11.4 Å². The lowest BCUT2D eigenvalue weighted by molar-refractivity contribution is 0.575. The Kier molecular flexibility index (Phi) is 5.95. The first-order valence-electron chi connectivity index (χ1n) is 8.33. The van der Waals surface area contributed by atoms with Gasteiger partial charge in [0.25, 0.3) is 0 Å². The molecule has 0 aliphatic heterocycles. The third-order valence-corrected chi connectivity index (χ3v) is 5.00. The third kappa shape index (κ3) is 5.54. The van der Waals surface area contributed by atoms with Gasteiger partial charge in [0.15, 0.2) is 5.82 Å². The molecule has 0 amide bonds. The maximum atomic E-state index is 13.2. The van der Waals surface area contributed by atoms with E-state index in [-0.39, 0.29) is 18.7 Å². The largest absolute Gasteiger partial charge is 0.367 e. The van der Waals surface area contributed by atoms with Crippen LogP contribution in [0.2, 0.25) is 0 Å². The van der Waals surface area contributed by atoms with Crippen LogP contribution < -0.4 is 10.0 Å². The number of halogens is 2. The zero-order chi connectivity index (χ0) is 20.1. The highest BCUT2D eigenvalue weighted by molar-refractivity contribution is 7.88. The van der Waals surface area contributed by atoms with Crippen LogP contribution in [0, 0.1) is 18.6 Å². The van der Waals surface area contributed by atoms with E-state index in [4.69, 9.17) is 0 Å². The van der Waals surface area contributed by atoms with Gasteiger partial charge >= 0.3 is 0 Å². The minimum Gasteiger partial charge on any atom is -0.367 e. The van der Waals surface area contributed by atoms with Crippen molar-refractivity contribution >= 4 is 15.8 Å². The first kappa shape index (κ1) is 19.8. The molecule has 0 bridgehead atoms. The molecule has 3 aromatic rings. The monoisotopic (exact) mass is 408 g/mol. The van der Waals surface area contributed by atoms with Crippen LogP contribution in [0.5, 0.6) is 0 Å². The second-order valence-electron chi connectivity index (χ2n) is 6.04. The van der Waals surface area contributed by atoms with Gasteiger partial charge < -0.3 is 5.32 Å². The molecular weight excluding hydrogens is 390 g/mol. The second-order valence-corrected chi connectivity index (χ2v) is 7.84. The number of anilines is 1. The number of aryl methyl sites for hydroxylation is 1. The van der Waals surface area contributed by atoms with Gasteiger partial charge in [-0.05, 0) is 42.8 Å². The summed E-state index contributed by atoms with van der Waals surface area (Å²) in [7, 11) is -3.73. The van der Waals surface area contributed by atoms with Gasteiger partial charge in [0.1, 0.15) is 17.5 Å². The van der Waals surface area contributed by atoms with E-state index in [9.17, 15) is 17.2 Å². The van der Waals surface area contributed by atoms with E-state index in [2.05, 4.69) is 25.3 Å². The topological polar surface area (TPSA) is 102 Å². The van der Waals surface area contributed by atoms with Crippen LogP contribution in [0.25, 0.3) is 5.82 Å². The van der Waals surface area contributed by atoms with Crippen molar-refractivity contribution < 1.29 is 17.2 Å². The number of rotatable bonds is 8. The summed E-state index contributed by atoms with van der Waals surface area (Å²) in [6.07, 6.45) is 1.77. The Balaban J connectivity index is 1.48. The van der Waals surface area contributed by atoms with E-state index in [0.717, 1.165) is 17.8 Å². The molecule has 2 aromatic heterocycles. The highest BCUT2D eigenvalue weighted by Gasteiger charge is 2.12. The van der Waals surface area contributed by atoms with Crippen LogP contribution in [0.15, 0.2) is 42.6 Å². The standard InChI is InChI=1S/C17H18F2N6O2S/c1-12-4-7-25(24-12)17-3-2-16(22-23-17)20-5-6-21-28(26,27)11-13-8-14(18)10-15(19)9-13/h2-4,7-10,21H,5-6,11H2,1H3,(H,20,22). The fourth-order valence-corrected chi connectivity index (χ4v) is 3.57. The molecule has 2 heterocycles. The number of aromatic nitrogens is 4. The predicted octanol–water partition coefficient (Wildman–Crippen LogP) is 1.78. The summed E-state index contributed by atoms with van der Waals surface area (Å²) in [5, 5.41) is 15.2. The summed E-state index contributed by atoms with van der Waals surface area (Å²) in [6, 6.07) is 7.93. The van der Waals surface area contributed by atoms with Gasteiger partial charge in [-0.25, -0.2) is 26.6 Å². The van der Waals surface area contributed by atoms with Crippen molar-refractivity contribution in [3.05, 3.63) is 65.5 Å². The molecule has 0 spiro atoms. The zero-order valence-corrected chi connectivity index (χ0v) is 15.7. The molecule has 0 saturated carbocycles. The first-order chi connectivity index (χ1) is 13.3. The highest BCUT2D eigenvalue weighted by Crippen LogP contribution is 2.11. The molecule has 1 aromatic carbocycles. The van der Waals surface area contributed by atoms with Gasteiger partial charge in [0.2, 0.25) is 10.0 Å². The molecule has 0 aliphatic rings. The van der Waals surface area contributed by atoms with Crippen molar-refractivity contribution in [2.24, 2.45) is 0 Å². The fraction of sp³-hybridized carbons (Fsp3) is 0.235. The Hall–Kier alpha value is -2.92. The average Bonchev–Trinajstić information content (AvgIpc) is 3.04. The smallest absolute Gasteiger partial charge is 0.215 e. The number of nitrogens with one attached hydrogen (secondary N) is 2. The molecule has 2 N–H and O–H groups in total. The van der Waals surface area contributed by atoms with E-state index in [0.29, 0.717) is 17.7 Å². The van der Waals surface area contributed by atoms with Crippen molar-refractivity contribution in [1.82, 2.24) is 24.7 Å². The van der Waals surface area contributed by atoms with Crippen LogP contribution in [0.4, 0.5) is 14.6 Å². The first-order valence-corrected chi connectivity index (χ1v) is 9.98. The Labute approximate surface area is 160 Å². The van der Waals surface area contributed by atoms with Crippen molar-refractivity contribution in [1.29, 1.82) is 0 Å². The number of sulfonamides is 1. The maximum absolute atomic E-state index is 13.2. The van der Waals surface area contributed by atoms with Crippen molar-refractivity contribution in [2.75, 3.05) is 18.4 Å². The summed E-state index contributed by atoms with van der Waals surface area (Å²) in [4.78, 5) is 0. The molecule has 3 rings (SSSR count). The van der Waals surface area contributed by atoms with Gasteiger partial charge in [-0.1, -0.05) is 0 Å². The van der Waals surface area contributed by atoms with Gasteiger partial charge in [0, 0.05) is 25.4 Å². The second kappa shape index (κ2) is 8.40. The lowest BCUT2D eigenvalue weighted by Gasteiger charge is -2.09. The zero-order valence-electron chi connectivity index (χ0n) is 14.9. The fourth-order valence-electron chi connectivity index (χ4n) is 2.45. The number of nitrogens with zero attached hydrogens (tertiary/aromatic N) is 4. The molecule has 11 heteroatoms. The van der Waals surface area contributed by atoms with E-state index >= 15 is 0 Å². The lowest BCUT2D eigenvalue weighted by Crippen LogP contribution is -2.30. The Morgan fingerprint density at radius 3 is 2.39 bits per heavy atom. The van der Waals surface area contributed by atoms with E-state index < -0.39 is 27.4 Å². The summed E-state index contributed by atoms with van der Waals surface area (Å²) in [5.74, 6) is -1.13. The van der Waals surface area contributed by atoms with Crippen LogP contribution >= 0.6 is 0 Å². The summed E-state index contributed by atoms with van der Waals surface area (Å²) < 4.78 is 54.3. The normalized spacial score (nSPS) is 11.5. The molecule has 28 heavy (non-hydrogen) atoms. The molecule has 148 valence electrons. The Bertz CT molecular complexity index is 1030. The van der Waals surface area contributed by atoms with Crippen molar-refractivity contribution in [3.63, 3.8) is 0 Å². The van der Waals surface area contributed by atoms with E-state index in [1.54, 1.807) is 23.0 Å². The average molecular weight is 408 g/mol. The molecule has 0 saturated heterocycles.